The summed E-state index contributed by atoms with van der Waals surface area (Å²) in [7, 11) is 0. The molecule has 0 aliphatic rings. The van der Waals surface area contributed by atoms with Crippen molar-refractivity contribution in [2.75, 3.05) is 6.54 Å². The van der Waals surface area contributed by atoms with Gasteiger partial charge in [-0.2, -0.15) is 0 Å². The molecule has 2 nitrogen and oxygen atoms in total. The number of likely N-dealkylation sites (N-methyl/N-ethyl adjacent to an activating group) is 1. The number of hydrogen-bond acceptors (Lipinski definition) is 2. The van der Waals surface area contributed by atoms with E-state index in [1.54, 1.807) is 0 Å². The zero-order valence-electron chi connectivity index (χ0n) is 11.9. The maximum Gasteiger partial charge on any atom is 0.123 e. The Kier molecular flexibility index (Phi) is 5.01. The molecule has 0 spiro atoms. The van der Waals surface area contributed by atoms with Crippen molar-refractivity contribution >= 4 is 0 Å². The van der Waals surface area contributed by atoms with Gasteiger partial charge in [0, 0.05) is 6.04 Å². The minimum Gasteiger partial charge on any atom is -0.489 e. The van der Waals surface area contributed by atoms with Gasteiger partial charge in [-0.1, -0.05) is 13.0 Å². The van der Waals surface area contributed by atoms with Crippen molar-refractivity contribution in [3.63, 3.8) is 0 Å². The highest BCUT2D eigenvalue weighted by Gasteiger charge is 2.14. The molecule has 1 rings (SSSR count). The molecule has 2 unspecified atom stereocenters. The molecule has 0 heterocycles. The number of rotatable bonds is 5. The Hall–Kier alpha value is -1.02. The van der Waals surface area contributed by atoms with Crippen LogP contribution in [-0.2, 0) is 0 Å². The van der Waals surface area contributed by atoms with Gasteiger partial charge in [0.1, 0.15) is 11.9 Å². The number of aryl methyl sites for hydroxylation is 2. The molecule has 2 atom stereocenters. The predicted octanol–water partition coefficient (Wildman–Crippen LogP) is 3.38. The third kappa shape index (κ3) is 3.74. The van der Waals surface area contributed by atoms with E-state index in [9.17, 15) is 0 Å². The van der Waals surface area contributed by atoms with E-state index in [2.05, 4.69) is 59.0 Å². The van der Waals surface area contributed by atoms with Gasteiger partial charge in [0.15, 0.2) is 0 Å². The van der Waals surface area contributed by atoms with Crippen LogP contribution in [-0.4, -0.2) is 18.7 Å². The van der Waals surface area contributed by atoms with E-state index in [1.807, 2.05) is 0 Å². The second-order valence-electron chi connectivity index (χ2n) is 4.87. The zero-order valence-corrected chi connectivity index (χ0v) is 11.9. The SMILES string of the molecule is CCNC(C)C(C)Oc1cc(C)cc(C)c1C. The fourth-order valence-electron chi connectivity index (χ4n) is 1.91. The van der Waals surface area contributed by atoms with Crippen LogP contribution in [0, 0.1) is 20.8 Å². The van der Waals surface area contributed by atoms with Crippen LogP contribution >= 0.6 is 0 Å². The van der Waals surface area contributed by atoms with Crippen LogP contribution in [0.2, 0.25) is 0 Å². The Morgan fingerprint density at radius 2 is 1.82 bits per heavy atom. The van der Waals surface area contributed by atoms with Crippen LogP contribution in [0.5, 0.6) is 5.75 Å². The standard InChI is InChI=1S/C15H25NO/c1-7-16-13(5)14(6)17-15-9-10(2)8-11(3)12(15)4/h8-9,13-14,16H,7H2,1-6H3. The number of ether oxygens (including phenoxy) is 1. The fourth-order valence-corrected chi connectivity index (χ4v) is 1.91. The maximum atomic E-state index is 6.06. The molecule has 0 aliphatic carbocycles. The summed E-state index contributed by atoms with van der Waals surface area (Å²) in [5.74, 6) is 1.01. The lowest BCUT2D eigenvalue weighted by Gasteiger charge is -2.24. The second-order valence-corrected chi connectivity index (χ2v) is 4.87. The second kappa shape index (κ2) is 6.06. The molecule has 0 aromatic heterocycles. The van der Waals surface area contributed by atoms with Crippen LogP contribution in [0.15, 0.2) is 12.1 Å². The highest BCUT2D eigenvalue weighted by atomic mass is 16.5. The molecule has 0 saturated heterocycles. The van der Waals surface area contributed by atoms with Gasteiger partial charge in [0.25, 0.3) is 0 Å². The van der Waals surface area contributed by atoms with Gasteiger partial charge in [-0.25, -0.2) is 0 Å². The lowest BCUT2D eigenvalue weighted by Crippen LogP contribution is -2.38. The Balaban J connectivity index is 2.81. The first kappa shape index (κ1) is 14.0. The average molecular weight is 235 g/mol. The van der Waals surface area contributed by atoms with Crippen LogP contribution in [0.3, 0.4) is 0 Å². The van der Waals surface area contributed by atoms with Crippen LogP contribution in [0.1, 0.15) is 37.5 Å². The minimum atomic E-state index is 0.176. The molecule has 96 valence electrons. The van der Waals surface area contributed by atoms with Crippen molar-refractivity contribution in [1.82, 2.24) is 5.32 Å². The highest BCUT2D eigenvalue weighted by Crippen LogP contribution is 2.24. The summed E-state index contributed by atoms with van der Waals surface area (Å²) in [6.07, 6.45) is 0.176. The molecular weight excluding hydrogens is 210 g/mol. The van der Waals surface area contributed by atoms with E-state index >= 15 is 0 Å². The van der Waals surface area contributed by atoms with E-state index in [0.717, 1.165) is 12.3 Å². The molecule has 0 fully saturated rings. The third-order valence-electron chi connectivity index (χ3n) is 3.31. The van der Waals surface area contributed by atoms with Crippen molar-refractivity contribution in [1.29, 1.82) is 0 Å². The summed E-state index contributed by atoms with van der Waals surface area (Å²) in [4.78, 5) is 0. The topological polar surface area (TPSA) is 21.3 Å². The molecule has 2 heteroatoms. The predicted molar refractivity (Wildman–Crippen MR) is 73.9 cm³/mol. The van der Waals surface area contributed by atoms with Gasteiger partial charge in [-0.3, -0.25) is 0 Å². The first-order chi connectivity index (χ1) is 7.95. The Labute approximate surface area is 105 Å². The molecular formula is C15H25NO. The average Bonchev–Trinajstić information content (AvgIpc) is 2.25. The van der Waals surface area contributed by atoms with E-state index in [-0.39, 0.29) is 6.10 Å². The van der Waals surface area contributed by atoms with E-state index < -0.39 is 0 Å². The quantitative estimate of drug-likeness (QED) is 0.845. The molecule has 0 aliphatic heterocycles. The fraction of sp³-hybridized carbons (Fsp3) is 0.600. The van der Waals surface area contributed by atoms with Gasteiger partial charge in [-0.15, -0.1) is 0 Å². The van der Waals surface area contributed by atoms with Crippen molar-refractivity contribution < 1.29 is 4.74 Å². The van der Waals surface area contributed by atoms with Crippen molar-refractivity contribution in [2.45, 2.75) is 53.7 Å². The normalized spacial score (nSPS) is 14.5. The van der Waals surface area contributed by atoms with E-state index in [0.29, 0.717) is 6.04 Å². The largest absolute Gasteiger partial charge is 0.489 e. The van der Waals surface area contributed by atoms with Gasteiger partial charge >= 0.3 is 0 Å². The van der Waals surface area contributed by atoms with E-state index in [1.165, 1.54) is 16.7 Å². The molecule has 0 bridgehead atoms. The number of benzene rings is 1. The molecule has 0 radical (unpaired) electrons. The van der Waals surface area contributed by atoms with Gasteiger partial charge in [-0.05, 0) is 63.9 Å². The van der Waals surface area contributed by atoms with Crippen molar-refractivity contribution in [3.8, 4) is 5.75 Å². The van der Waals surface area contributed by atoms with Crippen LogP contribution in [0.4, 0.5) is 0 Å². The molecule has 1 N–H and O–H groups in total. The lowest BCUT2D eigenvalue weighted by atomic mass is 10.1. The summed E-state index contributed by atoms with van der Waals surface area (Å²) in [5, 5.41) is 3.39. The Morgan fingerprint density at radius 1 is 1.18 bits per heavy atom. The summed E-state index contributed by atoms with van der Waals surface area (Å²) in [5.41, 5.74) is 3.79. The third-order valence-corrected chi connectivity index (χ3v) is 3.31. The first-order valence-electron chi connectivity index (χ1n) is 6.43. The van der Waals surface area contributed by atoms with Crippen molar-refractivity contribution in [3.05, 3.63) is 28.8 Å². The minimum absolute atomic E-state index is 0.176. The summed E-state index contributed by atoms with van der Waals surface area (Å²) < 4.78 is 6.06. The molecule has 17 heavy (non-hydrogen) atoms. The maximum absolute atomic E-state index is 6.06. The number of hydrogen-bond donors (Lipinski definition) is 1. The summed E-state index contributed by atoms with van der Waals surface area (Å²) in [6, 6.07) is 4.68. The van der Waals surface area contributed by atoms with E-state index in [4.69, 9.17) is 4.74 Å². The van der Waals surface area contributed by atoms with Gasteiger partial charge in [0.2, 0.25) is 0 Å². The molecule has 0 saturated carbocycles. The first-order valence-corrected chi connectivity index (χ1v) is 6.43. The number of nitrogens with one attached hydrogen (secondary N) is 1. The molecule has 0 amide bonds. The lowest BCUT2D eigenvalue weighted by molar-refractivity contribution is 0.178. The molecule has 1 aromatic rings. The Morgan fingerprint density at radius 3 is 2.41 bits per heavy atom. The van der Waals surface area contributed by atoms with Crippen LogP contribution in [0.25, 0.3) is 0 Å². The highest BCUT2D eigenvalue weighted by molar-refractivity contribution is 5.42. The smallest absolute Gasteiger partial charge is 0.123 e. The zero-order chi connectivity index (χ0) is 13.0. The molecule has 1 aromatic carbocycles. The van der Waals surface area contributed by atoms with Crippen molar-refractivity contribution in [2.24, 2.45) is 0 Å². The summed E-state index contributed by atoms with van der Waals surface area (Å²) >= 11 is 0. The van der Waals surface area contributed by atoms with Crippen LogP contribution < -0.4 is 10.1 Å². The monoisotopic (exact) mass is 235 g/mol. The van der Waals surface area contributed by atoms with Gasteiger partial charge < -0.3 is 10.1 Å². The Bertz CT molecular complexity index is 373. The van der Waals surface area contributed by atoms with Gasteiger partial charge in [0.05, 0.1) is 0 Å². The summed E-state index contributed by atoms with van der Waals surface area (Å²) in [6.45, 7) is 13.7.